The average molecular weight is 343 g/mol. The van der Waals surface area contributed by atoms with Crippen LogP contribution in [0.2, 0.25) is 0 Å². The molecule has 0 spiro atoms. The molecule has 0 saturated heterocycles. The lowest BCUT2D eigenvalue weighted by Gasteiger charge is -2.20. The van der Waals surface area contributed by atoms with Gasteiger partial charge in [0, 0.05) is 29.9 Å². The van der Waals surface area contributed by atoms with Crippen LogP contribution >= 0.6 is 0 Å². The molecular formula is C21H29NO3. The number of aliphatic hydroxyl groups is 1. The monoisotopic (exact) mass is 343 g/mol. The topological polar surface area (TPSA) is 66.4 Å². The summed E-state index contributed by atoms with van der Waals surface area (Å²) < 4.78 is 0. The number of nitrogens with one attached hydrogen (secondary N) is 1. The van der Waals surface area contributed by atoms with Gasteiger partial charge in [-0.3, -0.25) is 9.59 Å². The van der Waals surface area contributed by atoms with Gasteiger partial charge in [0.15, 0.2) is 5.78 Å². The second kappa shape index (κ2) is 10.1. The number of hydrogen-bond acceptors (Lipinski definition) is 4. The standard InChI is InChI=1S/C21H29NO3/c1-16-19(21(25)18-13-9-8-12-17(18)20(16)24)22-14-10-6-4-2-3-5-7-11-15-23/h8-9,12-13,22-23H,2-7,10-11,14-15H2,1H3. The highest BCUT2D eigenvalue weighted by Crippen LogP contribution is 2.24. The SMILES string of the molecule is CC1=C(NCCCCCCCCCCO)C(=O)c2ccccc2C1=O. The number of unbranched alkanes of at least 4 members (excludes halogenated alkanes) is 7. The maximum Gasteiger partial charge on any atom is 0.209 e. The predicted octanol–water partition coefficient (Wildman–Crippen LogP) is 4.04. The minimum Gasteiger partial charge on any atom is -0.396 e. The fourth-order valence-electron chi connectivity index (χ4n) is 3.22. The number of carbonyl (C=O) groups excluding carboxylic acids is 2. The molecule has 0 fully saturated rings. The Labute approximate surface area is 150 Å². The molecule has 25 heavy (non-hydrogen) atoms. The maximum absolute atomic E-state index is 12.6. The lowest BCUT2D eigenvalue weighted by Crippen LogP contribution is -2.30. The number of ketones is 2. The maximum atomic E-state index is 12.6. The van der Waals surface area contributed by atoms with E-state index in [4.69, 9.17) is 5.11 Å². The second-order valence-corrected chi connectivity index (χ2v) is 6.68. The molecule has 1 aromatic carbocycles. The first kappa shape index (κ1) is 19.4. The first-order chi connectivity index (χ1) is 12.2. The number of carbonyl (C=O) groups is 2. The molecule has 1 aliphatic rings. The van der Waals surface area contributed by atoms with Crippen molar-refractivity contribution in [2.24, 2.45) is 0 Å². The summed E-state index contributed by atoms with van der Waals surface area (Å²) in [6.45, 7) is 2.75. The Balaban J connectivity index is 1.72. The second-order valence-electron chi connectivity index (χ2n) is 6.68. The Hall–Kier alpha value is -1.94. The van der Waals surface area contributed by atoms with Crippen LogP contribution in [0.25, 0.3) is 0 Å². The molecule has 0 aromatic heterocycles. The van der Waals surface area contributed by atoms with Crippen LogP contribution in [0, 0.1) is 0 Å². The molecule has 0 unspecified atom stereocenters. The molecule has 4 nitrogen and oxygen atoms in total. The van der Waals surface area contributed by atoms with Crippen molar-refractivity contribution < 1.29 is 14.7 Å². The van der Waals surface area contributed by atoms with Crippen LogP contribution in [-0.2, 0) is 0 Å². The molecule has 0 aliphatic heterocycles. The van der Waals surface area contributed by atoms with Gasteiger partial charge in [-0.25, -0.2) is 0 Å². The molecule has 0 radical (unpaired) electrons. The molecule has 0 heterocycles. The van der Waals surface area contributed by atoms with Gasteiger partial charge in [-0.05, 0) is 19.8 Å². The highest BCUT2D eigenvalue weighted by atomic mass is 16.2. The van der Waals surface area contributed by atoms with Crippen molar-refractivity contribution in [2.45, 2.75) is 58.3 Å². The number of Topliss-reactive ketones (excluding diaryl/α,β-unsaturated/α-hetero) is 2. The highest BCUT2D eigenvalue weighted by Gasteiger charge is 2.29. The fraction of sp³-hybridized carbons (Fsp3) is 0.524. The first-order valence-corrected chi connectivity index (χ1v) is 9.41. The van der Waals surface area contributed by atoms with Crippen LogP contribution < -0.4 is 5.32 Å². The third-order valence-corrected chi connectivity index (χ3v) is 4.75. The van der Waals surface area contributed by atoms with E-state index in [1.807, 2.05) is 0 Å². The van der Waals surface area contributed by atoms with Crippen LogP contribution in [0.4, 0.5) is 0 Å². The summed E-state index contributed by atoms with van der Waals surface area (Å²) >= 11 is 0. The quantitative estimate of drug-likeness (QED) is 0.595. The molecule has 2 rings (SSSR count). The average Bonchev–Trinajstić information content (AvgIpc) is 2.64. The van der Waals surface area contributed by atoms with Crippen molar-refractivity contribution in [3.63, 3.8) is 0 Å². The zero-order valence-corrected chi connectivity index (χ0v) is 15.1. The van der Waals surface area contributed by atoms with Gasteiger partial charge in [0.25, 0.3) is 0 Å². The van der Waals surface area contributed by atoms with Gasteiger partial charge in [-0.15, -0.1) is 0 Å². The molecule has 0 amide bonds. The van der Waals surface area contributed by atoms with E-state index in [0.717, 1.165) is 32.2 Å². The molecule has 2 N–H and O–H groups in total. The Kier molecular flexibility index (Phi) is 7.86. The smallest absolute Gasteiger partial charge is 0.209 e. The van der Waals surface area contributed by atoms with Gasteiger partial charge in [-0.1, -0.05) is 62.8 Å². The largest absolute Gasteiger partial charge is 0.396 e. The first-order valence-electron chi connectivity index (χ1n) is 9.41. The summed E-state index contributed by atoms with van der Waals surface area (Å²) in [6.07, 6.45) is 8.97. The van der Waals surface area contributed by atoms with E-state index in [9.17, 15) is 9.59 Å². The van der Waals surface area contributed by atoms with E-state index >= 15 is 0 Å². The summed E-state index contributed by atoms with van der Waals surface area (Å²) in [5.41, 5.74) is 2.00. The summed E-state index contributed by atoms with van der Waals surface area (Å²) in [4.78, 5) is 25.0. The van der Waals surface area contributed by atoms with Crippen molar-refractivity contribution in [3.05, 3.63) is 46.7 Å². The number of hydrogen-bond donors (Lipinski definition) is 2. The minimum atomic E-state index is -0.0726. The van der Waals surface area contributed by atoms with E-state index in [0.29, 0.717) is 29.0 Å². The summed E-state index contributed by atoms with van der Waals surface area (Å²) in [6, 6.07) is 7.03. The van der Waals surface area contributed by atoms with Crippen LogP contribution in [0.5, 0.6) is 0 Å². The predicted molar refractivity (Wildman–Crippen MR) is 99.8 cm³/mol. The van der Waals surface area contributed by atoms with Crippen molar-refractivity contribution >= 4 is 11.6 Å². The number of allylic oxidation sites excluding steroid dienone is 2. The van der Waals surface area contributed by atoms with Crippen molar-refractivity contribution in [1.82, 2.24) is 5.32 Å². The Morgan fingerprint density at radius 3 is 1.92 bits per heavy atom. The van der Waals surface area contributed by atoms with Gasteiger partial charge >= 0.3 is 0 Å². The molecule has 0 saturated carbocycles. The lowest BCUT2D eigenvalue weighted by atomic mass is 9.88. The fourth-order valence-corrected chi connectivity index (χ4v) is 3.22. The zero-order chi connectivity index (χ0) is 18.1. The van der Waals surface area contributed by atoms with E-state index in [1.165, 1.54) is 25.7 Å². The molecule has 1 aromatic rings. The van der Waals surface area contributed by atoms with Crippen LogP contribution in [0.1, 0.15) is 79.0 Å². The normalized spacial score (nSPS) is 14.0. The third kappa shape index (κ3) is 5.27. The van der Waals surface area contributed by atoms with Crippen molar-refractivity contribution in [2.75, 3.05) is 13.2 Å². The summed E-state index contributed by atoms with van der Waals surface area (Å²) in [5.74, 6) is -0.128. The molecule has 4 heteroatoms. The van der Waals surface area contributed by atoms with Crippen LogP contribution in [-0.4, -0.2) is 29.8 Å². The van der Waals surface area contributed by atoms with Crippen LogP contribution in [0.3, 0.4) is 0 Å². The van der Waals surface area contributed by atoms with Crippen molar-refractivity contribution in [3.8, 4) is 0 Å². The molecule has 1 aliphatic carbocycles. The Bertz CT molecular complexity index is 634. The Morgan fingerprint density at radius 2 is 1.32 bits per heavy atom. The zero-order valence-electron chi connectivity index (χ0n) is 15.1. The van der Waals surface area contributed by atoms with Gasteiger partial charge in [-0.2, -0.15) is 0 Å². The highest BCUT2D eigenvalue weighted by molar-refractivity contribution is 6.26. The number of rotatable bonds is 11. The van der Waals surface area contributed by atoms with Crippen molar-refractivity contribution in [1.29, 1.82) is 0 Å². The van der Waals surface area contributed by atoms with E-state index < -0.39 is 0 Å². The van der Waals surface area contributed by atoms with Gasteiger partial charge < -0.3 is 10.4 Å². The van der Waals surface area contributed by atoms with Gasteiger partial charge in [0.1, 0.15) is 0 Å². The van der Waals surface area contributed by atoms with Crippen LogP contribution in [0.15, 0.2) is 35.5 Å². The lowest BCUT2D eigenvalue weighted by molar-refractivity contribution is 0.0968. The number of fused-ring (bicyclic) bond motifs is 1. The molecular weight excluding hydrogens is 314 g/mol. The van der Waals surface area contributed by atoms with Gasteiger partial charge in [0.2, 0.25) is 5.78 Å². The number of benzene rings is 1. The summed E-state index contributed by atoms with van der Waals surface area (Å²) in [5, 5.41) is 11.9. The molecule has 0 atom stereocenters. The minimum absolute atomic E-state index is 0.0550. The van der Waals surface area contributed by atoms with E-state index in [2.05, 4.69) is 5.32 Å². The molecule has 136 valence electrons. The van der Waals surface area contributed by atoms with E-state index in [1.54, 1.807) is 31.2 Å². The Morgan fingerprint density at radius 1 is 0.800 bits per heavy atom. The van der Waals surface area contributed by atoms with E-state index in [-0.39, 0.29) is 11.6 Å². The molecule has 0 bridgehead atoms. The van der Waals surface area contributed by atoms with Gasteiger partial charge in [0.05, 0.1) is 5.70 Å². The summed E-state index contributed by atoms with van der Waals surface area (Å²) in [7, 11) is 0. The number of aliphatic hydroxyl groups excluding tert-OH is 1. The third-order valence-electron chi connectivity index (χ3n) is 4.75.